The van der Waals surface area contributed by atoms with Gasteiger partial charge in [0.1, 0.15) is 11.5 Å². The van der Waals surface area contributed by atoms with Crippen LogP contribution >= 0.6 is 0 Å². The largest absolute Gasteiger partial charge is 0.457 e. The SMILES string of the molecule is CN1CCN(C(=O)C(c2cccc(Oc3ccccc3)c2)C2(O)CCCCC2)CC1. The summed E-state index contributed by atoms with van der Waals surface area (Å²) in [5.74, 6) is 0.937. The molecule has 4 rings (SSSR count). The first kappa shape index (κ1) is 20.9. The van der Waals surface area contributed by atoms with E-state index in [1.807, 2.05) is 59.5 Å². The topological polar surface area (TPSA) is 53.0 Å². The minimum atomic E-state index is -0.996. The molecule has 2 fully saturated rings. The molecule has 5 nitrogen and oxygen atoms in total. The van der Waals surface area contributed by atoms with E-state index in [1.165, 1.54) is 0 Å². The second-order valence-electron chi connectivity index (χ2n) is 8.71. The second kappa shape index (κ2) is 9.19. The van der Waals surface area contributed by atoms with Gasteiger partial charge in [-0.25, -0.2) is 0 Å². The van der Waals surface area contributed by atoms with Gasteiger partial charge in [-0.2, -0.15) is 0 Å². The molecule has 2 aliphatic rings. The van der Waals surface area contributed by atoms with Gasteiger partial charge in [-0.1, -0.05) is 49.6 Å². The van der Waals surface area contributed by atoms with E-state index in [0.29, 0.717) is 31.7 Å². The number of hydrogen-bond acceptors (Lipinski definition) is 4. The van der Waals surface area contributed by atoms with Crippen LogP contribution in [0.1, 0.15) is 43.6 Å². The number of aliphatic hydroxyl groups is 1. The summed E-state index contributed by atoms with van der Waals surface area (Å²) in [4.78, 5) is 17.9. The summed E-state index contributed by atoms with van der Waals surface area (Å²) in [5, 5.41) is 11.6. The summed E-state index contributed by atoms with van der Waals surface area (Å²) in [6, 6.07) is 17.4. The number of carbonyl (C=O) groups is 1. The lowest BCUT2D eigenvalue weighted by Crippen LogP contribution is -2.53. The van der Waals surface area contributed by atoms with Gasteiger partial charge in [-0.3, -0.25) is 4.79 Å². The fourth-order valence-electron chi connectivity index (χ4n) is 4.73. The van der Waals surface area contributed by atoms with Crippen molar-refractivity contribution in [2.24, 2.45) is 0 Å². The zero-order valence-corrected chi connectivity index (χ0v) is 17.8. The molecule has 0 aromatic heterocycles. The number of piperazine rings is 1. The van der Waals surface area contributed by atoms with E-state index in [4.69, 9.17) is 4.74 Å². The minimum Gasteiger partial charge on any atom is -0.457 e. The Labute approximate surface area is 179 Å². The van der Waals surface area contributed by atoms with E-state index in [1.54, 1.807) is 0 Å². The van der Waals surface area contributed by atoms with Gasteiger partial charge in [0.25, 0.3) is 0 Å². The van der Waals surface area contributed by atoms with Crippen LogP contribution in [-0.2, 0) is 4.79 Å². The number of ether oxygens (including phenoxy) is 1. The molecule has 1 heterocycles. The van der Waals surface area contributed by atoms with E-state index < -0.39 is 11.5 Å². The Morgan fingerprint density at radius 3 is 2.30 bits per heavy atom. The van der Waals surface area contributed by atoms with Gasteiger partial charge in [0.15, 0.2) is 0 Å². The Balaban J connectivity index is 1.63. The Morgan fingerprint density at radius 2 is 1.60 bits per heavy atom. The maximum absolute atomic E-state index is 13.7. The first-order valence-corrected chi connectivity index (χ1v) is 11.1. The van der Waals surface area contributed by atoms with Crippen molar-refractivity contribution in [3.05, 3.63) is 60.2 Å². The molecule has 1 amide bonds. The van der Waals surface area contributed by atoms with Gasteiger partial charge >= 0.3 is 0 Å². The van der Waals surface area contributed by atoms with Crippen molar-refractivity contribution in [1.29, 1.82) is 0 Å². The van der Waals surface area contributed by atoms with Crippen LogP contribution < -0.4 is 4.74 Å². The van der Waals surface area contributed by atoms with E-state index in [-0.39, 0.29) is 5.91 Å². The number of rotatable bonds is 5. The normalized spacial score (nSPS) is 20.5. The Hall–Kier alpha value is -2.37. The van der Waals surface area contributed by atoms with Crippen molar-refractivity contribution in [3.8, 4) is 11.5 Å². The number of nitrogens with zero attached hydrogens (tertiary/aromatic N) is 2. The maximum atomic E-state index is 13.7. The molecule has 1 saturated heterocycles. The third kappa shape index (κ3) is 4.68. The van der Waals surface area contributed by atoms with E-state index in [9.17, 15) is 9.90 Å². The zero-order chi connectivity index (χ0) is 21.0. The summed E-state index contributed by atoms with van der Waals surface area (Å²) in [6.45, 7) is 3.16. The number of amides is 1. The molecular formula is C25H32N2O3. The smallest absolute Gasteiger partial charge is 0.233 e. The number of likely N-dealkylation sites (N-methyl/N-ethyl adjacent to an activating group) is 1. The summed E-state index contributed by atoms with van der Waals surface area (Å²) in [5.41, 5.74) is -0.152. The molecule has 5 heteroatoms. The van der Waals surface area contributed by atoms with Crippen molar-refractivity contribution in [2.45, 2.75) is 43.6 Å². The molecule has 0 radical (unpaired) electrons. The van der Waals surface area contributed by atoms with Crippen molar-refractivity contribution in [2.75, 3.05) is 33.2 Å². The zero-order valence-electron chi connectivity index (χ0n) is 17.8. The lowest BCUT2D eigenvalue weighted by Gasteiger charge is -2.42. The third-order valence-corrected chi connectivity index (χ3v) is 6.49. The van der Waals surface area contributed by atoms with Crippen molar-refractivity contribution in [3.63, 3.8) is 0 Å². The molecule has 30 heavy (non-hydrogen) atoms. The second-order valence-corrected chi connectivity index (χ2v) is 8.71. The van der Waals surface area contributed by atoms with Crippen molar-refractivity contribution < 1.29 is 14.6 Å². The van der Waals surface area contributed by atoms with Gasteiger partial charge in [-0.15, -0.1) is 0 Å². The van der Waals surface area contributed by atoms with Gasteiger partial charge < -0.3 is 19.6 Å². The van der Waals surface area contributed by atoms with Crippen LogP contribution in [0.25, 0.3) is 0 Å². The number of para-hydroxylation sites is 1. The van der Waals surface area contributed by atoms with Crippen molar-refractivity contribution >= 4 is 5.91 Å². The fourth-order valence-corrected chi connectivity index (χ4v) is 4.73. The molecule has 160 valence electrons. The molecular weight excluding hydrogens is 376 g/mol. The van der Waals surface area contributed by atoms with Crippen LogP contribution in [0.4, 0.5) is 0 Å². The van der Waals surface area contributed by atoms with Gasteiger partial charge in [0, 0.05) is 26.2 Å². The molecule has 2 aromatic rings. The highest BCUT2D eigenvalue weighted by Gasteiger charge is 2.45. The monoisotopic (exact) mass is 408 g/mol. The first-order valence-electron chi connectivity index (χ1n) is 11.1. The first-order chi connectivity index (χ1) is 14.5. The molecule has 1 N–H and O–H groups in total. The maximum Gasteiger partial charge on any atom is 0.233 e. The van der Waals surface area contributed by atoms with Crippen LogP contribution in [0, 0.1) is 0 Å². The van der Waals surface area contributed by atoms with Gasteiger partial charge in [-0.05, 0) is 49.7 Å². The van der Waals surface area contributed by atoms with E-state index in [2.05, 4.69) is 11.9 Å². The quantitative estimate of drug-likeness (QED) is 0.812. The Bertz CT molecular complexity index is 840. The van der Waals surface area contributed by atoms with Gasteiger partial charge in [0.2, 0.25) is 5.91 Å². The summed E-state index contributed by atoms with van der Waals surface area (Å²) < 4.78 is 6.02. The number of hydrogen-bond donors (Lipinski definition) is 1. The van der Waals surface area contributed by atoms with E-state index >= 15 is 0 Å². The number of carbonyl (C=O) groups excluding carboxylic acids is 1. The lowest BCUT2D eigenvalue weighted by molar-refractivity contribution is -0.143. The summed E-state index contributed by atoms with van der Waals surface area (Å²) >= 11 is 0. The molecule has 1 unspecified atom stereocenters. The molecule has 0 spiro atoms. The lowest BCUT2D eigenvalue weighted by atomic mass is 9.72. The highest BCUT2D eigenvalue weighted by atomic mass is 16.5. The molecule has 2 aromatic carbocycles. The average molecular weight is 409 g/mol. The van der Waals surface area contributed by atoms with Crippen molar-refractivity contribution in [1.82, 2.24) is 9.80 Å². The minimum absolute atomic E-state index is 0.0457. The highest BCUT2D eigenvalue weighted by Crippen LogP contribution is 2.42. The van der Waals surface area contributed by atoms with Gasteiger partial charge in [0.05, 0.1) is 11.5 Å². The highest BCUT2D eigenvalue weighted by molar-refractivity contribution is 5.85. The van der Waals surface area contributed by atoms with E-state index in [0.717, 1.165) is 43.7 Å². The molecule has 1 aliphatic carbocycles. The molecule has 1 atom stereocenters. The third-order valence-electron chi connectivity index (χ3n) is 6.49. The molecule has 1 saturated carbocycles. The van der Waals surface area contributed by atoms with Crippen LogP contribution in [0.15, 0.2) is 54.6 Å². The average Bonchev–Trinajstić information content (AvgIpc) is 2.76. The standard InChI is InChI=1S/C25H32N2O3/c1-26-15-17-27(18-16-26)24(28)23(25(29)13-6-3-7-14-25)20-9-8-12-22(19-20)30-21-10-4-2-5-11-21/h2,4-5,8-12,19,23,29H,3,6-7,13-18H2,1H3. The van der Waals surface area contributed by atoms with Crippen LogP contribution in [-0.4, -0.2) is 59.6 Å². The molecule has 0 bridgehead atoms. The fraction of sp³-hybridized carbons (Fsp3) is 0.480. The summed E-state index contributed by atoms with van der Waals surface area (Å²) in [6.07, 6.45) is 4.38. The molecule has 1 aliphatic heterocycles. The van der Waals surface area contributed by atoms with Crippen LogP contribution in [0.5, 0.6) is 11.5 Å². The predicted octanol–water partition coefficient (Wildman–Crippen LogP) is 4.03. The van der Waals surface area contributed by atoms with Crippen LogP contribution in [0.2, 0.25) is 0 Å². The Morgan fingerprint density at radius 1 is 0.933 bits per heavy atom. The summed E-state index contributed by atoms with van der Waals surface area (Å²) in [7, 11) is 2.08. The Kier molecular flexibility index (Phi) is 6.40. The predicted molar refractivity (Wildman–Crippen MR) is 118 cm³/mol. The number of benzene rings is 2. The van der Waals surface area contributed by atoms with Crippen LogP contribution in [0.3, 0.4) is 0 Å².